The molecule has 0 aromatic carbocycles. The van der Waals surface area contributed by atoms with Gasteiger partial charge in [0.25, 0.3) is 0 Å². The summed E-state index contributed by atoms with van der Waals surface area (Å²) in [7, 11) is 0. The van der Waals surface area contributed by atoms with Gasteiger partial charge in [-0.25, -0.2) is 0 Å². The molecule has 0 N–H and O–H groups in total. The van der Waals surface area contributed by atoms with Crippen LogP contribution >= 0.6 is 24.2 Å². The summed E-state index contributed by atoms with van der Waals surface area (Å²) < 4.78 is 0. The fourth-order valence-electron chi connectivity index (χ4n) is 3.35. The van der Waals surface area contributed by atoms with Crippen LogP contribution in [-0.4, -0.2) is 36.0 Å². The van der Waals surface area contributed by atoms with Gasteiger partial charge in [-0.15, -0.1) is 12.4 Å². The summed E-state index contributed by atoms with van der Waals surface area (Å²) in [6.07, 6.45) is 20.5. The van der Waals surface area contributed by atoms with Gasteiger partial charge < -0.3 is 4.90 Å². The normalized spacial score (nSPS) is 15.5. The van der Waals surface area contributed by atoms with Gasteiger partial charge in [0, 0.05) is 24.6 Å². The summed E-state index contributed by atoms with van der Waals surface area (Å²) in [5, 5.41) is 0. The third-order valence-electron chi connectivity index (χ3n) is 4.93. The predicted molar refractivity (Wildman–Crippen MR) is 111 cm³/mol. The van der Waals surface area contributed by atoms with Crippen molar-refractivity contribution in [2.75, 3.05) is 31.1 Å². The van der Waals surface area contributed by atoms with Gasteiger partial charge in [-0.05, 0) is 13.0 Å². The number of halogens is 1. The van der Waals surface area contributed by atoms with Crippen LogP contribution in [0.15, 0.2) is 0 Å². The van der Waals surface area contributed by atoms with Crippen LogP contribution in [0.5, 0.6) is 0 Å². The standard InChI is InChI=1S/C20H41NS.ClH/c1-2-3-4-5-6-7-8-9-10-11-12-13-14-15-16-21-17-19-22-20-18-21;/h2-20H2,1H3;1H. The Labute approximate surface area is 157 Å². The number of nitrogens with zero attached hydrogens (tertiary/aromatic N) is 1. The highest BCUT2D eigenvalue weighted by atomic mass is 35.5. The molecule has 1 rings (SSSR count). The molecule has 140 valence electrons. The first-order valence-electron chi connectivity index (χ1n) is 10.2. The number of thioether (sulfide) groups is 1. The molecule has 0 atom stereocenters. The quantitative estimate of drug-likeness (QED) is 0.290. The SMILES string of the molecule is CCCCCCCCCCCCCCCCN1CCSCC1.Cl. The third-order valence-corrected chi connectivity index (χ3v) is 5.87. The van der Waals surface area contributed by atoms with Crippen molar-refractivity contribution in [3.63, 3.8) is 0 Å². The van der Waals surface area contributed by atoms with E-state index >= 15 is 0 Å². The topological polar surface area (TPSA) is 3.24 Å². The first kappa shape index (κ1) is 23.6. The van der Waals surface area contributed by atoms with E-state index < -0.39 is 0 Å². The average Bonchev–Trinajstić information content (AvgIpc) is 2.56. The van der Waals surface area contributed by atoms with E-state index in [1.165, 1.54) is 121 Å². The number of hydrogen-bond donors (Lipinski definition) is 0. The molecule has 1 heterocycles. The molecule has 0 amide bonds. The Morgan fingerprint density at radius 3 is 1.43 bits per heavy atom. The van der Waals surface area contributed by atoms with E-state index in [0.717, 1.165) is 0 Å². The molecule has 0 saturated carbocycles. The van der Waals surface area contributed by atoms with Crippen molar-refractivity contribution in [2.24, 2.45) is 0 Å². The third kappa shape index (κ3) is 15.8. The van der Waals surface area contributed by atoms with Crippen molar-refractivity contribution in [3.8, 4) is 0 Å². The van der Waals surface area contributed by atoms with E-state index in [1.807, 2.05) is 0 Å². The lowest BCUT2D eigenvalue weighted by atomic mass is 10.0. The Bertz CT molecular complexity index is 220. The second kappa shape index (κ2) is 18.9. The summed E-state index contributed by atoms with van der Waals surface area (Å²) in [5.74, 6) is 2.72. The molecule has 0 bridgehead atoms. The molecule has 0 spiro atoms. The second-order valence-electron chi connectivity index (χ2n) is 7.05. The van der Waals surface area contributed by atoms with Crippen LogP contribution in [0.3, 0.4) is 0 Å². The number of hydrogen-bond acceptors (Lipinski definition) is 2. The maximum Gasteiger partial charge on any atom is 0.00727 e. The van der Waals surface area contributed by atoms with E-state index in [0.29, 0.717) is 0 Å². The van der Waals surface area contributed by atoms with E-state index in [1.54, 1.807) is 0 Å². The number of rotatable bonds is 15. The smallest absolute Gasteiger partial charge is 0.00727 e. The summed E-state index contributed by atoms with van der Waals surface area (Å²) in [4.78, 5) is 2.66. The molecule has 1 saturated heterocycles. The van der Waals surface area contributed by atoms with Gasteiger partial charge in [0.15, 0.2) is 0 Å². The molecule has 1 aliphatic heterocycles. The van der Waals surface area contributed by atoms with Crippen molar-refractivity contribution < 1.29 is 0 Å². The molecule has 1 fully saturated rings. The summed E-state index contributed by atoms with van der Waals surface area (Å²) in [5.41, 5.74) is 0. The van der Waals surface area contributed by atoms with E-state index in [4.69, 9.17) is 0 Å². The fourth-order valence-corrected chi connectivity index (χ4v) is 4.33. The number of unbranched alkanes of at least 4 members (excludes halogenated alkanes) is 13. The summed E-state index contributed by atoms with van der Waals surface area (Å²) >= 11 is 2.12. The average molecular weight is 364 g/mol. The Hall–Kier alpha value is 0.600. The van der Waals surface area contributed by atoms with Gasteiger partial charge in [0.05, 0.1) is 0 Å². The fraction of sp³-hybridized carbons (Fsp3) is 1.00. The molecular formula is C20H42ClNS. The van der Waals surface area contributed by atoms with Gasteiger partial charge >= 0.3 is 0 Å². The molecular weight excluding hydrogens is 322 g/mol. The Balaban J connectivity index is 0.00000484. The highest BCUT2D eigenvalue weighted by Gasteiger charge is 2.08. The van der Waals surface area contributed by atoms with E-state index in [2.05, 4.69) is 23.6 Å². The van der Waals surface area contributed by atoms with E-state index in [9.17, 15) is 0 Å². The molecule has 3 heteroatoms. The second-order valence-corrected chi connectivity index (χ2v) is 8.27. The maximum absolute atomic E-state index is 2.66. The highest BCUT2D eigenvalue weighted by Crippen LogP contribution is 2.14. The van der Waals surface area contributed by atoms with Crippen molar-refractivity contribution in [1.29, 1.82) is 0 Å². The lowest BCUT2D eigenvalue weighted by Crippen LogP contribution is -2.33. The maximum atomic E-state index is 2.66. The molecule has 0 unspecified atom stereocenters. The Morgan fingerprint density at radius 1 is 0.609 bits per heavy atom. The minimum Gasteiger partial charge on any atom is -0.302 e. The zero-order chi connectivity index (χ0) is 15.7. The molecule has 1 nitrogen and oxygen atoms in total. The van der Waals surface area contributed by atoms with Crippen LogP contribution < -0.4 is 0 Å². The Morgan fingerprint density at radius 2 is 1.00 bits per heavy atom. The molecule has 0 aromatic rings. The van der Waals surface area contributed by atoms with Crippen molar-refractivity contribution in [3.05, 3.63) is 0 Å². The largest absolute Gasteiger partial charge is 0.302 e. The minimum absolute atomic E-state index is 0. The molecule has 0 aromatic heterocycles. The van der Waals surface area contributed by atoms with Crippen LogP contribution in [-0.2, 0) is 0 Å². The summed E-state index contributed by atoms with van der Waals surface area (Å²) in [6, 6.07) is 0. The van der Waals surface area contributed by atoms with Crippen LogP contribution in [0.4, 0.5) is 0 Å². The molecule has 0 radical (unpaired) electrons. The molecule has 0 aliphatic carbocycles. The first-order valence-corrected chi connectivity index (χ1v) is 11.4. The van der Waals surface area contributed by atoms with Gasteiger partial charge in [-0.3, -0.25) is 0 Å². The van der Waals surface area contributed by atoms with Gasteiger partial charge in [-0.2, -0.15) is 11.8 Å². The predicted octanol–water partition coefficient (Wildman–Crippen LogP) is 6.94. The van der Waals surface area contributed by atoms with Crippen molar-refractivity contribution in [2.45, 2.75) is 96.8 Å². The lowest BCUT2D eigenvalue weighted by molar-refractivity contribution is 0.294. The summed E-state index contributed by atoms with van der Waals surface area (Å²) in [6.45, 7) is 6.33. The zero-order valence-corrected chi connectivity index (χ0v) is 17.3. The van der Waals surface area contributed by atoms with E-state index in [-0.39, 0.29) is 12.4 Å². The van der Waals surface area contributed by atoms with Gasteiger partial charge in [0.1, 0.15) is 0 Å². The van der Waals surface area contributed by atoms with Gasteiger partial charge in [-0.1, -0.05) is 90.4 Å². The van der Waals surface area contributed by atoms with Gasteiger partial charge in [0.2, 0.25) is 0 Å². The lowest BCUT2D eigenvalue weighted by Gasteiger charge is -2.25. The van der Waals surface area contributed by atoms with Crippen LogP contribution in [0.2, 0.25) is 0 Å². The Kier molecular flexibility index (Phi) is 19.4. The molecule has 23 heavy (non-hydrogen) atoms. The van der Waals surface area contributed by atoms with Crippen LogP contribution in [0.25, 0.3) is 0 Å². The van der Waals surface area contributed by atoms with Crippen LogP contribution in [0, 0.1) is 0 Å². The first-order chi connectivity index (χ1) is 10.9. The minimum atomic E-state index is 0. The zero-order valence-electron chi connectivity index (χ0n) is 15.7. The van der Waals surface area contributed by atoms with Crippen molar-refractivity contribution in [1.82, 2.24) is 4.90 Å². The highest BCUT2D eigenvalue weighted by molar-refractivity contribution is 7.99. The van der Waals surface area contributed by atoms with Crippen molar-refractivity contribution >= 4 is 24.2 Å². The molecule has 1 aliphatic rings. The van der Waals surface area contributed by atoms with Crippen LogP contribution in [0.1, 0.15) is 96.8 Å². The monoisotopic (exact) mass is 363 g/mol.